The zero-order valence-corrected chi connectivity index (χ0v) is 11.8. The fourth-order valence-corrected chi connectivity index (χ4v) is 2.44. The van der Waals surface area contributed by atoms with Gasteiger partial charge in [-0.1, -0.05) is 30.3 Å². The molecule has 0 fully saturated rings. The zero-order chi connectivity index (χ0) is 14.8. The molecular formula is C17H14N4O. The highest BCUT2D eigenvalue weighted by Crippen LogP contribution is 2.28. The van der Waals surface area contributed by atoms with Gasteiger partial charge in [-0.15, -0.1) is 0 Å². The average Bonchev–Trinajstić information content (AvgIpc) is 3.22. The summed E-state index contributed by atoms with van der Waals surface area (Å²) in [5.41, 5.74) is 4.11. The summed E-state index contributed by atoms with van der Waals surface area (Å²) < 4.78 is 5.79. The number of nitrogens with one attached hydrogen (secondary N) is 2. The maximum Gasteiger partial charge on any atom is 0.214 e. The minimum atomic E-state index is 0.503. The van der Waals surface area contributed by atoms with Crippen molar-refractivity contribution in [3.8, 4) is 17.1 Å². The molecule has 0 bridgehead atoms. The van der Waals surface area contributed by atoms with Crippen LogP contribution in [-0.4, -0.2) is 19.9 Å². The van der Waals surface area contributed by atoms with Crippen LogP contribution in [0.4, 0.5) is 0 Å². The molecule has 0 saturated heterocycles. The van der Waals surface area contributed by atoms with Gasteiger partial charge in [-0.25, -0.2) is 9.97 Å². The van der Waals surface area contributed by atoms with Gasteiger partial charge in [0.15, 0.2) is 0 Å². The third kappa shape index (κ3) is 2.33. The Labute approximate surface area is 127 Å². The van der Waals surface area contributed by atoms with E-state index in [4.69, 9.17) is 4.74 Å². The van der Waals surface area contributed by atoms with Crippen molar-refractivity contribution in [2.45, 2.75) is 6.61 Å². The van der Waals surface area contributed by atoms with E-state index in [1.807, 2.05) is 42.6 Å². The third-order valence-corrected chi connectivity index (χ3v) is 3.56. The molecule has 3 aromatic heterocycles. The Bertz CT molecular complexity index is 882. The number of imidazole rings is 1. The molecule has 22 heavy (non-hydrogen) atoms. The molecule has 2 N–H and O–H groups in total. The van der Waals surface area contributed by atoms with Gasteiger partial charge >= 0.3 is 0 Å². The SMILES string of the molecule is c1ccc(COc2cc3c(-c4cnc[nH]4)c[nH]c3cn2)cc1. The smallest absolute Gasteiger partial charge is 0.214 e. The molecule has 0 aliphatic carbocycles. The van der Waals surface area contributed by atoms with Crippen molar-refractivity contribution < 1.29 is 4.74 Å². The van der Waals surface area contributed by atoms with E-state index in [0.29, 0.717) is 12.5 Å². The van der Waals surface area contributed by atoms with Crippen LogP contribution in [0.3, 0.4) is 0 Å². The molecule has 3 heterocycles. The molecule has 0 atom stereocenters. The van der Waals surface area contributed by atoms with Crippen molar-refractivity contribution in [2.24, 2.45) is 0 Å². The van der Waals surface area contributed by atoms with Gasteiger partial charge in [-0.3, -0.25) is 0 Å². The maximum atomic E-state index is 5.79. The quantitative estimate of drug-likeness (QED) is 0.604. The Morgan fingerprint density at radius 2 is 1.95 bits per heavy atom. The molecule has 4 aromatic rings. The topological polar surface area (TPSA) is 66.6 Å². The number of benzene rings is 1. The van der Waals surface area contributed by atoms with Crippen LogP contribution in [-0.2, 0) is 6.61 Å². The highest BCUT2D eigenvalue weighted by atomic mass is 16.5. The van der Waals surface area contributed by atoms with Gasteiger partial charge in [0.1, 0.15) is 6.61 Å². The van der Waals surface area contributed by atoms with Crippen LogP contribution in [0.2, 0.25) is 0 Å². The standard InChI is InChI=1S/C17H14N4O/c1-2-4-12(5-3-1)10-22-17-6-13-14(15-8-18-11-21-15)7-19-16(13)9-20-17/h1-9,11,19H,10H2,(H,18,21). The number of ether oxygens (including phenoxy) is 1. The highest BCUT2D eigenvalue weighted by Gasteiger charge is 2.09. The normalized spacial score (nSPS) is 10.9. The van der Waals surface area contributed by atoms with Gasteiger partial charge in [0.05, 0.1) is 29.9 Å². The Morgan fingerprint density at radius 3 is 2.77 bits per heavy atom. The van der Waals surface area contributed by atoms with Gasteiger partial charge in [0.25, 0.3) is 0 Å². The first-order chi connectivity index (χ1) is 10.9. The monoisotopic (exact) mass is 290 g/mol. The number of pyridine rings is 1. The predicted octanol–water partition coefficient (Wildman–Crippen LogP) is 3.53. The number of nitrogens with zero attached hydrogens (tertiary/aromatic N) is 2. The van der Waals surface area contributed by atoms with E-state index in [1.165, 1.54) is 0 Å². The zero-order valence-electron chi connectivity index (χ0n) is 11.8. The van der Waals surface area contributed by atoms with Crippen molar-refractivity contribution in [1.82, 2.24) is 19.9 Å². The molecule has 0 saturated carbocycles. The molecule has 4 rings (SSSR count). The minimum absolute atomic E-state index is 0.503. The number of H-pyrrole nitrogens is 2. The molecule has 0 aliphatic rings. The summed E-state index contributed by atoms with van der Waals surface area (Å²) in [7, 11) is 0. The molecule has 108 valence electrons. The van der Waals surface area contributed by atoms with Crippen molar-refractivity contribution >= 4 is 10.9 Å². The summed E-state index contributed by atoms with van der Waals surface area (Å²) in [4.78, 5) is 14.7. The Hall–Kier alpha value is -3.08. The van der Waals surface area contributed by atoms with E-state index in [0.717, 1.165) is 27.7 Å². The van der Waals surface area contributed by atoms with Gasteiger partial charge in [0.2, 0.25) is 5.88 Å². The molecule has 1 aromatic carbocycles. The summed E-state index contributed by atoms with van der Waals surface area (Å²) in [6.45, 7) is 0.503. The van der Waals surface area contributed by atoms with Crippen LogP contribution in [0.5, 0.6) is 5.88 Å². The minimum Gasteiger partial charge on any atom is -0.473 e. The summed E-state index contributed by atoms with van der Waals surface area (Å²) >= 11 is 0. The van der Waals surface area contributed by atoms with Crippen LogP contribution in [0.1, 0.15) is 5.56 Å². The van der Waals surface area contributed by atoms with Crippen molar-refractivity contribution in [3.63, 3.8) is 0 Å². The first-order valence-electron chi connectivity index (χ1n) is 7.03. The molecule has 0 aliphatic heterocycles. The summed E-state index contributed by atoms with van der Waals surface area (Å²) in [5.74, 6) is 0.608. The molecule has 0 spiro atoms. The number of hydrogen-bond donors (Lipinski definition) is 2. The first kappa shape index (κ1) is 12.6. The fraction of sp³-hybridized carbons (Fsp3) is 0.0588. The van der Waals surface area contributed by atoms with Crippen LogP contribution in [0.25, 0.3) is 22.2 Å². The number of aromatic nitrogens is 4. The van der Waals surface area contributed by atoms with Crippen LogP contribution in [0, 0.1) is 0 Å². The lowest BCUT2D eigenvalue weighted by Crippen LogP contribution is -1.96. The maximum absolute atomic E-state index is 5.79. The average molecular weight is 290 g/mol. The molecule has 5 heteroatoms. The highest BCUT2D eigenvalue weighted by molar-refractivity contribution is 5.94. The van der Waals surface area contributed by atoms with Crippen molar-refractivity contribution in [3.05, 3.63) is 66.9 Å². The van der Waals surface area contributed by atoms with Gasteiger partial charge in [-0.05, 0) is 5.56 Å². The first-order valence-corrected chi connectivity index (χ1v) is 7.03. The fourth-order valence-electron chi connectivity index (χ4n) is 2.44. The molecule has 5 nitrogen and oxygen atoms in total. The van der Waals surface area contributed by atoms with E-state index in [-0.39, 0.29) is 0 Å². The van der Waals surface area contributed by atoms with E-state index in [2.05, 4.69) is 19.9 Å². The van der Waals surface area contributed by atoms with Crippen LogP contribution >= 0.6 is 0 Å². The predicted molar refractivity (Wildman–Crippen MR) is 84.4 cm³/mol. The Morgan fingerprint density at radius 1 is 1.05 bits per heavy atom. The van der Waals surface area contributed by atoms with Crippen molar-refractivity contribution in [2.75, 3.05) is 0 Å². The number of rotatable bonds is 4. The second-order valence-corrected chi connectivity index (χ2v) is 5.01. The Kier molecular flexibility index (Phi) is 3.08. The van der Waals surface area contributed by atoms with Gasteiger partial charge in [-0.2, -0.15) is 0 Å². The van der Waals surface area contributed by atoms with E-state index in [9.17, 15) is 0 Å². The third-order valence-electron chi connectivity index (χ3n) is 3.56. The van der Waals surface area contributed by atoms with Gasteiger partial charge < -0.3 is 14.7 Å². The van der Waals surface area contributed by atoms with Gasteiger partial charge in [0, 0.05) is 23.2 Å². The molecular weight excluding hydrogens is 276 g/mol. The summed E-state index contributed by atoms with van der Waals surface area (Å²) in [5, 5.41) is 1.06. The van der Waals surface area contributed by atoms with E-state index < -0.39 is 0 Å². The number of aromatic amines is 2. The lowest BCUT2D eigenvalue weighted by molar-refractivity contribution is 0.294. The number of hydrogen-bond acceptors (Lipinski definition) is 3. The van der Waals surface area contributed by atoms with Crippen LogP contribution < -0.4 is 4.74 Å². The second-order valence-electron chi connectivity index (χ2n) is 5.01. The Balaban J connectivity index is 1.64. The molecule has 0 unspecified atom stereocenters. The lowest BCUT2D eigenvalue weighted by atomic mass is 10.1. The molecule has 0 amide bonds. The van der Waals surface area contributed by atoms with Crippen molar-refractivity contribution in [1.29, 1.82) is 0 Å². The van der Waals surface area contributed by atoms with E-state index in [1.54, 1.807) is 18.7 Å². The number of fused-ring (bicyclic) bond motifs is 1. The van der Waals surface area contributed by atoms with Crippen LogP contribution in [0.15, 0.2) is 61.3 Å². The summed E-state index contributed by atoms with van der Waals surface area (Å²) in [6, 6.07) is 12.0. The molecule has 0 radical (unpaired) electrons. The largest absolute Gasteiger partial charge is 0.473 e. The lowest BCUT2D eigenvalue weighted by Gasteiger charge is -2.05. The summed E-state index contributed by atoms with van der Waals surface area (Å²) in [6.07, 6.45) is 7.20. The second kappa shape index (κ2) is 5.37. The van der Waals surface area contributed by atoms with E-state index >= 15 is 0 Å².